The van der Waals surface area contributed by atoms with Gasteiger partial charge in [0.1, 0.15) is 16.7 Å². The monoisotopic (exact) mass is 627 g/mol. The molecule has 228 valence electrons. The Morgan fingerprint density at radius 2 is 1.08 bits per heavy atom. The summed E-state index contributed by atoms with van der Waals surface area (Å²) in [7, 11) is 0. The van der Waals surface area contributed by atoms with E-state index < -0.39 is 0 Å². The Labute approximate surface area is 279 Å². The number of aromatic nitrogens is 3. The fourth-order valence-corrected chi connectivity index (χ4v) is 7.69. The molecule has 4 heterocycles. The smallest absolute Gasteiger partial charge is 0.163 e. The quantitative estimate of drug-likeness (QED) is 0.196. The zero-order valence-electron chi connectivity index (χ0n) is 26.1. The molecule has 0 saturated carbocycles. The predicted octanol–water partition coefficient (Wildman–Crippen LogP) is 11.9. The molecule has 5 nitrogen and oxygen atoms in total. The average Bonchev–Trinajstić information content (AvgIpc) is 3.84. The third kappa shape index (κ3) is 3.70. The van der Waals surface area contributed by atoms with Gasteiger partial charge in [0.2, 0.25) is 0 Å². The zero-order chi connectivity index (χ0) is 32.1. The SMILES string of the molecule is c1ccc(-c2nc(-c3cccc(-n4c5ccccc5c5c6c7ccccc7oc6c6c7ccccc7oc6c54)c3)nc3ccccc23)cc1. The van der Waals surface area contributed by atoms with Gasteiger partial charge in [0, 0.05) is 49.1 Å². The van der Waals surface area contributed by atoms with Gasteiger partial charge < -0.3 is 13.4 Å². The first-order valence-electron chi connectivity index (χ1n) is 16.4. The van der Waals surface area contributed by atoms with Gasteiger partial charge in [-0.25, -0.2) is 9.97 Å². The summed E-state index contributed by atoms with van der Waals surface area (Å²) in [4.78, 5) is 10.3. The molecule has 0 N–H and O–H groups in total. The number of fused-ring (bicyclic) bond motifs is 13. The Balaban J connectivity index is 1.26. The van der Waals surface area contributed by atoms with Crippen LogP contribution in [0.5, 0.6) is 0 Å². The van der Waals surface area contributed by atoms with Gasteiger partial charge in [-0.05, 0) is 36.4 Å². The normalized spacial score (nSPS) is 12.1. The van der Waals surface area contributed by atoms with Crippen LogP contribution in [0.25, 0.3) is 105 Å². The van der Waals surface area contributed by atoms with Crippen LogP contribution in [-0.2, 0) is 0 Å². The van der Waals surface area contributed by atoms with E-state index in [-0.39, 0.29) is 0 Å². The van der Waals surface area contributed by atoms with Crippen molar-refractivity contribution in [3.63, 3.8) is 0 Å². The van der Waals surface area contributed by atoms with Crippen molar-refractivity contribution in [3.8, 4) is 28.3 Å². The summed E-state index contributed by atoms with van der Waals surface area (Å²) in [6.45, 7) is 0. The summed E-state index contributed by atoms with van der Waals surface area (Å²) >= 11 is 0. The average molecular weight is 628 g/mol. The molecule has 7 aromatic carbocycles. The van der Waals surface area contributed by atoms with E-state index in [2.05, 4.69) is 102 Å². The second-order valence-corrected chi connectivity index (χ2v) is 12.5. The highest BCUT2D eigenvalue weighted by Crippen LogP contribution is 2.48. The third-order valence-corrected chi connectivity index (χ3v) is 9.77. The molecule has 0 atom stereocenters. The maximum atomic E-state index is 6.78. The van der Waals surface area contributed by atoms with Crippen molar-refractivity contribution in [3.05, 3.63) is 152 Å². The zero-order valence-corrected chi connectivity index (χ0v) is 26.1. The van der Waals surface area contributed by atoms with Gasteiger partial charge in [0.05, 0.1) is 27.6 Å². The van der Waals surface area contributed by atoms with Gasteiger partial charge in [0.25, 0.3) is 0 Å². The molecule has 49 heavy (non-hydrogen) atoms. The number of rotatable bonds is 3. The van der Waals surface area contributed by atoms with E-state index in [1.807, 2.05) is 54.6 Å². The van der Waals surface area contributed by atoms with E-state index in [1.165, 1.54) is 0 Å². The van der Waals surface area contributed by atoms with Crippen molar-refractivity contribution in [2.45, 2.75) is 0 Å². The summed E-state index contributed by atoms with van der Waals surface area (Å²) < 4.78 is 15.8. The van der Waals surface area contributed by atoms with E-state index in [0.717, 1.165) is 99.1 Å². The number of para-hydroxylation sites is 4. The van der Waals surface area contributed by atoms with Crippen molar-refractivity contribution in [1.29, 1.82) is 0 Å². The van der Waals surface area contributed by atoms with E-state index >= 15 is 0 Å². The number of furan rings is 2. The van der Waals surface area contributed by atoms with Crippen LogP contribution in [0, 0.1) is 0 Å². The van der Waals surface area contributed by atoms with E-state index in [9.17, 15) is 0 Å². The van der Waals surface area contributed by atoms with Crippen LogP contribution in [0.4, 0.5) is 0 Å². The van der Waals surface area contributed by atoms with Crippen LogP contribution in [0.3, 0.4) is 0 Å². The van der Waals surface area contributed by atoms with Crippen molar-refractivity contribution in [2.24, 2.45) is 0 Å². The lowest BCUT2D eigenvalue weighted by Crippen LogP contribution is -1.98. The Bertz CT molecular complexity index is 3110. The van der Waals surface area contributed by atoms with E-state index in [0.29, 0.717) is 5.82 Å². The lowest BCUT2D eigenvalue weighted by molar-refractivity contribution is 0.664. The van der Waals surface area contributed by atoms with E-state index in [1.54, 1.807) is 0 Å². The van der Waals surface area contributed by atoms with Crippen LogP contribution in [0.15, 0.2) is 160 Å². The number of benzene rings is 7. The molecule has 0 aliphatic rings. The standard InChI is InChI=1S/C44H25N3O2/c1-2-13-26(14-3-1)40-29-17-4-8-21-33(29)45-44(46-40)27-15-12-16-28(25-27)47-34-22-9-5-18-30(34)37-38-31-19-6-10-23-35(31)48-42(38)39-32-20-7-11-24-36(32)49-43(39)41(37)47/h1-25H. The second kappa shape index (κ2) is 9.89. The fourth-order valence-electron chi connectivity index (χ4n) is 7.69. The highest BCUT2D eigenvalue weighted by atomic mass is 16.3. The highest BCUT2D eigenvalue weighted by molar-refractivity contribution is 6.38. The molecule has 0 aliphatic heterocycles. The molecule has 0 spiro atoms. The van der Waals surface area contributed by atoms with Gasteiger partial charge >= 0.3 is 0 Å². The Morgan fingerprint density at radius 1 is 0.449 bits per heavy atom. The molecule has 0 aliphatic carbocycles. The summed E-state index contributed by atoms with van der Waals surface area (Å²) in [6.07, 6.45) is 0. The van der Waals surface area contributed by atoms with Crippen molar-refractivity contribution in [1.82, 2.24) is 14.5 Å². The van der Waals surface area contributed by atoms with Gasteiger partial charge in [0.15, 0.2) is 11.4 Å². The van der Waals surface area contributed by atoms with Crippen LogP contribution < -0.4 is 0 Å². The molecule has 11 rings (SSSR count). The molecule has 4 aromatic heterocycles. The van der Waals surface area contributed by atoms with Crippen LogP contribution in [-0.4, -0.2) is 14.5 Å². The summed E-state index contributed by atoms with van der Waals surface area (Å²) in [6, 6.07) is 52.2. The summed E-state index contributed by atoms with van der Waals surface area (Å²) in [5.74, 6) is 0.678. The third-order valence-electron chi connectivity index (χ3n) is 9.77. The topological polar surface area (TPSA) is 57.0 Å². The minimum Gasteiger partial charge on any atom is -0.455 e. The maximum absolute atomic E-state index is 6.78. The highest BCUT2D eigenvalue weighted by Gasteiger charge is 2.26. The molecule has 0 radical (unpaired) electrons. The Hall–Kier alpha value is -6.72. The molecular formula is C44H25N3O2. The minimum atomic E-state index is 0.678. The van der Waals surface area contributed by atoms with Crippen molar-refractivity contribution >= 4 is 76.6 Å². The van der Waals surface area contributed by atoms with Crippen molar-refractivity contribution in [2.75, 3.05) is 0 Å². The van der Waals surface area contributed by atoms with Crippen molar-refractivity contribution < 1.29 is 8.83 Å². The van der Waals surface area contributed by atoms with Crippen LogP contribution in [0.1, 0.15) is 0 Å². The largest absolute Gasteiger partial charge is 0.455 e. The molecule has 0 unspecified atom stereocenters. The summed E-state index contributed by atoms with van der Waals surface area (Å²) in [5.41, 5.74) is 10.2. The van der Waals surface area contributed by atoms with Gasteiger partial charge in [-0.15, -0.1) is 0 Å². The first-order valence-corrected chi connectivity index (χ1v) is 16.4. The molecular weight excluding hydrogens is 603 g/mol. The second-order valence-electron chi connectivity index (χ2n) is 12.5. The maximum Gasteiger partial charge on any atom is 0.163 e. The predicted molar refractivity (Wildman–Crippen MR) is 199 cm³/mol. The molecule has 0 amide bonds. The van der Waals surface area contributed by atoms with Crippen LogP contribution in [0.2, 0.25) is 0 Å². The van der Waals surface area contributed by atoms with Gasteiger partial charge in [-0.3, -0.25) is 0 Å². The summed E-state index contributed by atoms with van der Waals surface area (Å²) in [5, 5.41) is 7.48. The lowest BCUT2D eigenvalue weighted by atomic mass is 10.0. The minimum absolute atomic E-state index is 0.678. The Kier molecular flexibility index (Phi) is 5.32. The lowest BCUT2D eigenvalue weighted by Gasteiger charge is -2.12. The molecule has 0 saturated heterocycles. The first-order chi connectivity index (χ1) is 24.3. The number of nitrogens with zero attached hydrogens (tertiary/aromatic N) is 3. The number of hydrogen-bond donors (Lipinski definition) is 0. The molecule has 5 heteroatoms. The first kappa shape index (κ1) is 26.4. The molecule has 0 bridgehead atoms. The number of hydrogen-bond acceptors (Lipinski definition) is 4. The molecule has 0 fully saturated rings. The Morgan fingerprint density at radius 3 is 1.90 bits per heavy atom. The van der Waals surface area contributed by atoms with Gasteiger partial charge in [-0.1, -0.05) is 115 Å². The molecule has 11 aromatic rings. The fraction of sp³-hybridized carbons (Fsp3) is 0. The van der Waals surface area contributed by atoms with Gasteiger partial charge in [-0.2, -0.15) is 0 Å². The van der Waals surface area contributed by atoms with Crippen LogP contribution >= 0.6 is 0 Å². The van der Waals surface area contributed by atoms with E-state index in [4.69, 9.17) is 18.8 Å².